The fraction of sp³-hybridized carbons (Fsp3) is 0.467. The molecule has 20 heavy (non-hydrogen) atoms. The van der Waals surface area contributed by atoms with Crippen LogP contribution in [0.3, 0.4) is 0 Å². The van der Waals surface area contributed by atoms with Gasteiger partial charge in [0.2, 0.25) is 0 Å². The first kappa shape index (κ1) is 16.0. The van der Waals surface area contributed by atoms with E-state index in [0.29, 0.717) is 12.1 Å². The van der Waals surface area contributed by atoms with Crippen LogP contribution in [0.1, 0.15) is 32.8 Å². The van der Waals surface area contributed by atoms with E-state index in [1.165, 1.54) is 0 Å². The number of benzene rings is 1. The second-order valence-electron chi connectivity index (χ2n) is 4.85. The molecule has 0 heterocycles. The van der Waals surface area contributed by atoms with E-state index in [0.717, 1.165) is 12.0 Å². The van der Waals surface area contributed by atoms with Gasteiger partial charge in [-0.25, -0.2) is 9.59 Å². The highest BCUT2D eigenvalue weighted by molar-refractivity contribution is 5.92. The van der Waals surface area contributed by atoms with Crippen molar-refractivity contribution in [2.45, 2.75) is 39.7 Å². The summed E-state index contributed by atoms with van der Waals surface area (Å²) < 4.78 is 0. The average Bonchev–Trinajstić information content (AvgIpc) is 2.43. The Balaban J connectivity index is 2.68. The van der Waals surface area contributed by atoms with Crippen molar-refractivity contribution < 1.29 is 14.7 Å². The summed E-state index contributed by atoms with van der Waals surface area (Å²) in [6.07, 6.45) is 1.56. The number of nitrogens with one attached hydrogen (secondary N) is 2. The van der Waals surface area contributed by atoms with Gasteiger partial charge in [0.25, 0.3) is 0 Å². The van der Waals surface area contributed by atoms with Crippen molar-refractivity contribution in [2.75, 3.05) is 5.32 Å². The molecular weight excluding hydrogens is 256 g/mol. The zero-order valence-electron chi connectivity index (χ0n) is 12.1. The van der Waals surface area contributed by atoms with Gasteiger partial charge in [-0.3, -0.25) is 0 Å². The number of aliphatic carboxylic acids is 1. The Kier molecular flexibility index (Phi) is 6.03. The number of carboxylic acids is 1. The summed E-state index contributed by atoms with van der Waals surface area (Å²) >= 11 is 0. The molecule has 1 rings (SSSR count). The molecule has 0 aliphatic heterocycles. The van der Waals surface area contributed by atoms with Gasteiger partial charge in [-0.1, -0.05) is 39.3 Å². The maximum Gasteiger partial charge on any atom is 0.326 e. The highest BCUT2D eigenvalue weighted by Gasteiger charge is 2.25. The predicted octanol–water partition coefficient (Wildman–Crippen LogP) is 2.87. The summed E-state index contributed by atoms with van der Waals surface area (Å²) in [4.78, 5) is 23.0. The fourth-order valence-corrected chi connectivity index (χ4v) is 1.86. The average molecular weight is 278 g/mol. The Bertz CT molecular complexity index is 474. The Labute approximate surface area is 119 Å². The molecule has 0 saturated carbocycles. The highest BCUT2D eigenvalue weighted by atomic mass is 16.4. The van der Waals surface area contributed by atoms with Gasteiger partial charge in [-0.2, -0.15) is 0 Å². The number of aryl methyl sites for hydroxylation is 1. The van der Waals surface area contributed by atoms with Crippen molar-refractivity contribution in [2.24, 2.45) is 5.92 Å². The highest BCUT2D eigenvalue weighted by Crippen LogP contribution is 2.12. The minimum absolute atomic E-state index is 0.125. The Hall–Kier alpha value is -2.04. The van der Waals surface area contributed by atoms with Crippen molar-refractivity contribution in [3.8, 4) is 0 Å². The third-order valence-electron chi connectivity index (χ3n) is 3.36. The van der Waals surface area contributed by atoms with E-state index < -0.39 is 18.0 Å². The Morgan fingerprint density at radius 1 is 1.30 bits per heavy atom. The minimum Gasteiger partial charge on any atom is -0.480 e. The van der Waals surface area contributed by atoms with Gasteiger partial charge < -0.3 is 15.7 Å². The van der Waals surface area contributed by atoms with Crippen LogP contribution in [0.15, 0.2) is 24.3 Å². The van der Waals surface area contributed by atoms with Crippen LogP contribution < -0.4 is 10.6 Å². The Morgan fingerprint density at radius 2 is 2.00 bits per heavy atom. The molecule has 2 amide bonds. The number of rotatable bonds is 6. The zero-order chi connectivity index (χ0) is 15.1. The fourth-order valence-electron chi connectivity index (χ4n) is 1.86. The van der Waals surface area contributed by atoms with Crippen LogP contribution in [-0.2, 0) is 11.2 Å². The number of hydrogen-bond donors (Lipinski definition) is 3. The molecule has 0 fully saturated rings. The molecule has 0 bridgehead atoms. The van der Waals surface area contributed by atoms with Gasteiger partial charge in [0.1, 0.15) is 6.04 Å². The van der Waals surface area contributed by atoms with E-state index in [4.69, 9.17) is 5.11 Å². The van der Waals surface area contributed by atoms with Gasteiger partial charge >= 0.3 is 12.0 Å². The number of hydrogen-bond acceptors (Lipinski definition) is 2. The molecular formula is C15H22N2O3. The first-order chi connectivity index (χ1) is 9.47. The van der Waals surface area contributed by atoms with Crippen molar-refractivity contribution >= 4 is 17.7 Å². The van der Waals surface area contributed by atoms with E-state index in [9.17, 15) is 9.59 Å². The lowest BCUT2D eigenvalue weighted by atomic mass is 9.99. The SMILES string of the molecule is CCc1cccc(NC(=O)N[C@H](C(=O)O)[C@H](C)CC)c1. The molecule has 0 aliphatic rings. The van der Waals surface area contributed by atoms with Gasteiger partial charge in [0, 0.05) is 5.69 Å². The number of carboxylic acid groups (broad SMARTS) is 1. The van der Waals surface area contributed by atoms with E-state index in [-0.39, 0.29) is 5.92 Å². The molecule has 110 valence electrons. The molecule has 2 atom stereocenters. The first-order valence-electron chi connectivity index (χ1n) is 6.87. The van der Waals surface area contributed by atoms with Gasteiger partial charge in [-0.05, 0) is 30.0 Å². The normalized spacial score (nSPS) is 13.3. The van der Waals surface area contributed by atoms with Crippen LogP contribution in [0.4, 0.5) is 10.5 Å². The maximum absolute atomic E-state index is 11.9. The van der Waals surface area contributed by atoms with Crippen LogP contribution in [0, 0.1) is 5.92 Å². The number of carbonyl (C=O) groups is 2. The van der Waals surface area contributed by atoms with Crippen molar-refractivity contribution in [1.82, 2.24) is 5.32 Å². The summed E-state index contributed by atoms with van der Waals surface area (Å²) in [5.74, 6) is -1.14. The maximum atomic E-state index is 11.9. The lowest BCUT2D eigenvalue weighted by Gasteiger charge is -2.20. The summed E-state index contributed by atoms with van der Waals surface area (Å²) in [7, 11) is 0. The second-order valence-corrected chi connectivity index (χ2v) is 4.85. The number of amides is 2. The summed E-state index contributed by atoms with van der Waals surface area (Å²) in [5, 5.41) is 14.3. The molecule has 1 aromatic carbocycles. The largest absolute Gasteiger partial charge is 0.480 e. The minimum atomic E-state index is -1.02. The second kappa shape index (κ2) is 7.53. The molecule has 5 heteroatoms. The zero-order valence-corrected chi connectivity index (χ0v) is 12.1. The molecule has 0 aromatic heterocycles. The molecule has 5 nitrogen and oxygen atoms in total. The van der Waals surface area contributed by atoms with Crippen LogP contribution in [-0.4, -0.2) is 23.1 Å². The summed E-state index contributed by atoms with van der Waals surface area (Å²) in [6, 6.07) is 6.11. The number of anilines is 1. The standard InChI is InChI=1S/C15H22N2O3/c1-4-10(3)13(14(18)19)17-15(20)16-12-8-6-7-11(5-2)9-12/h6-10,13H,4-5H2,1-3H3,(H,18,19)(H2,16,17,20)/t10-,13+/m1/s1. The van der Waals surface area contributed by atoms with E-state index in [2.05, 4.69) is 10.6 Å². The van der Waals surface area contributed by atoms with Crippen molar-refractivity contribution in [3.63, 3.8) is 0 Å². The molecule has 0 spiro atoms. The molecule has 0 radical (unpaired) electrons. The quantitative estimate of drug-likeness (QED) is 0.748. The third kappa shape index (κ3) is 4.57. The molecule has 3 N–H and O–H groups in total. The van der Waals surface area contributed by atoms with Crippen LogP contribution in [0.25, 0.3) is 0 Å². The lowest BCUT2D eigenvalue weighted by molar-refractivity contribution is -0.140. The summed E-state index contributed by atoms with van der Waals surface area (Å²) in [5.41, 5.74) is 1.77. The number of carbonyl (C=O) groups excluding carboxylic acids is 1. The van der Waals surface area contributed by atoms with Gasteiger partial charge in [-0.15, -0.1) is 0 Å². The van der Waals surface area contributed by atoms with Gasteiger partial charge in [0.15, 0.2) is 0 Å². The van der Waals surface area contributed by atoms with E-state index in [1.807, 2.05) is 32.0 Å². The molecule has 0 unspecified atom stereocenters. The van der Waals surface area contributed by atoms with Crippen LogP contribution in [0.2, 0.25) is 0 Å². The van der Waals surface area contributed by atoms with Gasteiger partial charge in [0.05, 0.1) is 0 Å². The summed E-state index contributed by atoms with van der Waals surface area (Å²) in [6.45, 7) is 5.73. The molecule has 0 saturated heterocycles. The molecule has 0 aliphatic carbocycles. The monoisotopic (exact) mass is 278 g/mol. The third-order valence-corrected chi connectivity index (χ3v) is 3.36. The van der Waals surface area contributed by atoms with Crippen LogP contribution in [0.5, 0.6) is 0 Å². The topological polar surface area (TPSA) is 78.4 Å². The smallest absolute Gasteiger partial charge is 0.326 e. The lowest BCUT2D eigenvalue weighted by Crippen LogP contribution is -2.46. The number of urea groups is 1. The van der Waals surface area contributed by atoms with Crippen molar-refractivity contribution in [1.29, 1.82) is 0 Å². The van der Waals surface area contributed by atoms with E-state index in [1.54, 1.807) is 13.0 Å². The Morgan fingerprint density at radius 3 is 2.55 bits per heavy atom. The first-order valence-corrected chi connectivity index (χ1v) is 6.87. The van der Waals surface area contributed by atoms with E-state index >= 15 is 0 Å². The van der Waals surface area contributed by atoms with Crippen LogP contribution >= 0.6 is 0 Å². The molecule has 1 aromatic rings. The van der Waals surface area contributed by atoms with Crippen molar-refractivity contribution in [3.05, 3.63) is 29.8 Å². The predicted molar refractivity (Wildman–Crippen MR) is 78.9 cm³/mol.